The Morgan fingerprint density at radius 3 is 2.89 bits per heavy atom. The number of halogens is 1. The number of aromatic nitrogens is 2. The minimum Gasteiger partial charge on any atom is -0.384 e. The smallest absolute Gasteiger partial charge is 0.229 e. The van der Waals surface area contributed by atoms with Gasteiger partial charge in [0.1, 0.15) is 5.82 Å². The van der Waals surface area contributed by atoms with Crippen LogP contribution in [0.2, 0.25) is 5.02 Å². The fraction of sp³-hybridized carbons (Fsp3) is 0.318. The van der Waals surface area contributed by atoms with Crippen LogP contribution < -0.4 is 5.32 Å². The van der Waals surface area contributed by atoms with E-state index in [2.05, 4.69) is 22.2 Å². The molecule has 1 fully saturated rings. The zero-order chi connectivity index (χ0) is 19.7. The van der Waals surface area contributed by atoms with Crippen LogP contribution in [-0.4, -0.2) is 29.6 Å². The zero-order valence-corrected chi connectivity index (χ0v) is 16.6. The maximum Gasteiger partial charge on any atom is 0.229 e. The number of carbonyl (C=O) groups excluding carboxylic acids is 1. The Balaban J connectivity index is 1.51. The summed E-state index contributed by atoms with van der Waals surface area (Å²) < 4.78 is 5.25. The number of hydrogen-bond acceptors (Lipinski definition) is 4. The lowest BCUT2D eigenvalue weighted by molar-refractivity contribution is -0.117. The fourth-order valence-corrected chi connectivity index (χ4v) is 3.95. The van der Waals surface area contributed by atoms with Gasteiger partial charge >= 0.3 is 0 Å². The molecule has 4 rings (SSSR count). The number of fused-ring (bicyclic) bond motifs is 1. The maximum atomic E-state index is 12.6. The van der Waals surface area contributed by atoms with Crippen molar-refractivity contribution in [1.82, 2.24) is 9.97 Å². The molecule has 1 aliphatic carbocycles. The number of pyridine rings is 2. The van der Waals surface area contributed by atoms with Gasteiger partial charge in [-0.3, -0.25) is 9.78 Å². The third-order valence-electron chi connectivity index (χ3n) is 5.23. The molecule has 5 nitrogen and oxygen atoms in total. The van der Waals surface area contributed by atoms with Gasteiger partial charge in [0.15, 0.2) is 0 Å². The van der Waals surface area contributed by atoms with Crippen molar-refractivity contribution in [2.75, 3.05) is 19.0 Å². The second-order valence-corrected chi connectivity index (χ2v) is 7.75. The van der Waals surface area contributed by atoms with Gasteiger partial charge in [-0.15, -0.1) is 0 Å². The fourth-order valence-electron chi connectivity index (χ4n) is 3.60. The molecule has 0 spiro atoms. The lowest BCUT2D eigenvalue weighted by Crippen LogP contribution is -2.15. The lowest BCUT2D eigenvalue weighted by atomic mass is 9.99. The normalized spacial score (nSPS) is 19.4. The van der Waals surface area contributed by atoms with Gasteiger partial charge < -0.3 is 10.1 Å². The van der Waals surface area contributed by atoms with Crippen LogP contribution in [0, 0.1) is 5.92 Å². The number of benzene rings is 1. The highest BCUT2D eigenvalue weighted by Gasteiger charge is 2.44. The summed E-state index contributed by atoms with van der Waals surface area (Å²) in [6, 6.07) is 11.7. The molecule has 0 saturated heterocycles. The van der Waals surface area contributed by atoms with Crippen molar-refractivity contribution in [1.29, 1.82) is 0 Å². The summed E-state index contributed by atoms with van der Waals surface area (Å²) in [6.45, 7) is 2.67. The maximum absolute atomic E-state index is 12.6. The molecule has 2 aromatic heterocycles. The Kier molecular flexibility index (Phi) is 5.29. The quantitative estimate of drug-likeness (QED) is 0.652. The van der Waals surface area contributed by atoms with Crippen LogP contribution in [-0.2, 0) is 9.53 Å². The molecule has 3 aromatic rings. The first-order valence-corrected chi connectivity index (χ1v) is 9.74. The van der Waals surface area contributed by atoms with Crippen molar-refractivity contribution >= 4 is 34.1 Å². The Morgan fingerprint density at radius 2 is 2.14 bits per heavy atom. The van der Waals surface area contributed by atoms with Gasteiger partial charge in [-0.05, 0) is 47.7 Å². The second kappa shape index (κ2) is 7.86. The van der Waals surface area contributed by atoms with Crippen LogP contribution >= 0.6 is 11.6 Å². The highest BCUT2D eigenvalue weighted by molar-refractivity contribution is 6.32. The standard InChI is InChI=1S/C22H22ClN3O2/c1-13(12-28-2)16-7-14-9-21(25-11-15(14)8-19(16)23)26-22(27)18-10-17(18)20-5-3-4-6-24-20/h3-9,11,13,17-18H,10,12H2,1-2H3,(H,25,26,27)/t13-,17+,18+/m1/s1. The molecule has 1 aliphatic rings. The van der Waals surface area contributed by atoms with Crippen molar-refractivity contribution in [3.05, 3.63) is 65.1 Å². The number of rotatable bonds is 6. The molecule has 0 bridgehead atoms. The highest BCUT2D eigenvalue weighted by Crippen LogP contribution is 2.47. The lowest BCUT2D eigenvalue weighted by Gasteiger charge is -2.14. The number of hydrogen-bond donors (Lipinski definition) is 1. The minimum atomic E-state index is -0.0464. The molecule has 3 atom stereocenters. The third kappa shape index (κ3) is 3.86. The van der Waals surface area contributed by atoms with Gasteiger partial charge in [-0.25, -0.2) is 4.98 Å². The van der Waals surface area contributed by atoms with E-state index in [-0.39, 0.29) is 23.7 Å². The van der Waals surface area contributed by atoms with Gasteiger partial charge in [0.05, 0.1) is 6.61 Å². The summed E-state index contributed by atoms with van der Waals surface area (Å²) in [5.74, 6) is 0.872. The Labute approximate surface area is 169 Å². The molecular weight excluding hydrogens is 374 g/mol. The predicted octanol–water partition coefficient (Wildman–Crippen LogP) is 4.78. The van der Waals surface area contributed by atoms with E-state index in [0.29, 0.717) is 17.4 Å². The van der Waals surface area contributed by atoms with Crippen molar-refractivity contribution < 1.29 is 9.53 Å². The van der Waals surface area contributed by atoms with E-state index in [1.165, 1.54) is 0 Å². The van der Waals surface area contributed by atoms with Crippen molar-refractivity contribution in [3.63, 3.8) is 0 Å². The monoisotopic (exact) mass is 395 g/mol. The number of nitrogens with zero attached hydrogens (tertiary/aromatic N) is 2. The molecular formula is C22H22ClN3O2. The van der Waals surface area contributed by atoms with Gasteiger partial charge in [0.25, 0.3) is 0 Å². The first-order valence-electron chi connectivity index (χ1n) is 9.36. The van der Waals surface area contributed by atoms with E-state index >= 15 is 0 Å². The van der Waals surface area contributed by atoms with E-state index in [1.54, 1.807) is 19.5 Å². The van der Waals surface area contributed by atoms with Gasteiger partial charge in [-0.2, -0.15) is 0 Å². The molecule has 0 unspecified atom stereocenters. The van der Waals surface area contributed by atoms with Crippen molar-refractivity contribution in [2.45, 2.75) is 25.2 Å². The van der Waals surface area contributed by atoms with Crippen LogP contribution in [0.5, 0.6) is 0 Å². The molecule has 28 heavy (non-hydrogen) atoms. The molecule has 0 radical (unpaired) electrons. The molecule has 2 heterocycles. The molecule has 6 heteroatoms. The van der Waals surface area contributed by atoms with E-state index in [4.69, 9.17) is 16.3 Å². The first kappa shape index (κ1) is 18.8. The molecule has 1 aromatic carbocycles. The average Bonchev–Trinajstić information content (AvgIpc) is 3.49. The number of amides is 1. The topological polar surface area (TPSA) is 64.1 Å². The molecule has 1 N–H and O–H groups in total. The summed E-state index contributed by atoms with van der Waals surface area (Å²) >= 11 is 6.42. The predicted molar refractivity (Wildman–Crippen MR) is 111 cm³/mol. The Morgan fingerprint density at radius 1 is 1.29 bits per heavy atom. The summed E-state index contributed by atoms with van der Waals surface area (Å²) in [6.07, 6.45) is 4.33. The third-order valence-corrected chi connectivity index (χ3v) is 5.56. The number of ether oxygens (including phenoxy) is 1. The van der Waals surface area contributed by atoms with Crippen LogP contribution in [0.15, 0.2) is 48.8 Å². The largest absolute Gasteiger partial charge is 0.384 e. The minimum absolute atomic E-state index is 0.00978. The number of carbonyl (C=O) groups is 1. The molecule has 0 aliphatic heterocycles. The van der Waals surface area contributed by atoms with Crippen LogP contribution in [0.25, 0.3) is 10.8 Å². The average molecular weight is 396 g/mol. The van der Waals surface area contributed by atoms with Crippen LogP contribution in [0.4, 0.5) is 5.82 Å². The summed E-state index contributed by atoms with van der Waals surface area (Å²) in [7, 11) is 1.68. The zero-order valence-electron chi connectivity index (χ0n) is 15.9. The summed E-state index contributed by atoms with van der Waals surface area (Å²) in [5, 5.41) is 5.58. The number of anilines is 1. The second-order valence-electron chi connectivity index (χ2n) is 7.34. The Bertz CT molecular complexity index is 1010. The number of nitrogens with one attached hydrogen (secondary N) is 1. The van der Waals surface area contributed by atoms with E-state index < -0.39 is 0 Å². The SMILES string of the molecule is COC[C@@H](C)c1cc2cc(NC(=O)[C@H]3C[C@@H]3c3ccccn3)ncc2cc1Cl. The van der Waals surface area contributed by atoms with Gasteiger partial charge in [0, 0.05) is 53.4 Å². The van der Waals surface area contributed by atoms with E-state index in [9.17, 15) is 4.79 Å². The summed E-state index contributed by atoms with van der Waals surface area (Å²) in [5.41, 5.74) is 2.00. The Hall–Kier alpha value is -2.50. The molecule has 1 amide bonds. The highest BCUT2D eigenvalue weighted by atomic mass is 35.5. The molecule has 1 saturated carbocycles. The summed E-state index contributed by atoms with van der Waals surface area (Å²) in [4.78, 5) is 21.3. The van der Waals surface area contributed by atoms with Gasteiger partial charge in [-0.1, -0.05) is 24.6 Å². The van der Waals surface area contributed by atoms with Crippen LogP contribution in [0.1, 0.15) is 36.4 Å². The van der Waals surface area contributed by atoms with Crippen molar-refractivity contribution in [3.8, 4) is 0 Å². The first-order chi connectivity index (χ1) is 13.6. The molecule has 144 valence electrons. The number of methoxy groups -OCH3 is 1. The van der Waals surface area contributed by atoms with Crippen LogP contribution in [0.3, 0.4) is 0 Å². The van der Waals surface area contributed by atoms with E-state index in [0.717, 1.165) is 28.5 Å². The van der Waals surface area contributed by atoms with Gasteiger partial charge in [0.2, 0.25) is 5.91 Å². The van der Waals surface area contributed by atoms with E-state index in [1.807, 2.05) is 36.4 Å². The van der Waals surface area contributed by atoms with Crippen molar-refractivity contribution in [2.24, 2.45) is 5.92 Å².